The smallest absolute Gasteiger partial charge is 0.354 e. The van der Waals surface area contributed by atoms with Crippen molar-refractivity contribution in [2.45, 2.75) is 87.1 Å². The number of benzene rings is 2. The molecule has 0 unspecified atom stereocenters. The van der Waals surface area contributed by atoms with E-state index in [-0.39, 0.29) is 22.3 Å². The van der Waals surface area contributed by atoms with Crippen molar-refractivity contribution in [1.82, 2.24) is 39.2 Å². The second-order valence-corrected chi connectivity index (χ2v) is 20.4. The lowest BCUT2D eigenvalue weighted by Crippen LogP contribution is -2.41. The van der Waals surface area contributed by atoms with Crippen LogP contribution in [0.1, 0.15) is 91.2 Å². The fourth-order valence-electron chi connectivity index (χ4n) is 9.55. The molecule has 5 amide bonds. The van der Waals surface area contributed by atoms with Crippen LogP contribution in [0, 0.1) is 0 Å². The predicted octanol–water partition coefficient (Wildman–Crippen LogP) is 2.59. The first kappa shape index (κ1) is 47.6. The number of carboxylic acid groups (broad SMARTS) is 1. The molecule has 0 radical (unpaired) electrons. The van der Waals surface area contributed by atoms with E-state index in [2.05, 4.69) is 43.0 Å². The molecule has 2 saturated heterocycles. The highest BCUT2D eigenvalue weighted by Crippen LogP contribution is 2.40. The Morgan fingerprint density at radius 1 is 0.582 bits per heavy atom. The Hall–Kier alpha value is -5.88. The molecule has 21 nitrogen and oxygen atoms in total. The molecule has 2 aromatic heterocycles. The summed E-state index contributed by atoms with van der Waals surface area (Å²) >= 11 is 0. The Morgan fingerprint density at radius 3 is 1.33 bits per heavy atom. The van der Waals surface area contributed by atoms with Gasteiger partial charge in [0.2, 0.25) is 0 Å². The highest BCUT2D eigenvalue weighted by atomic mass is 32.2. The molecule has 4 aliphatic carbocycles. The Balaban J connectivity index is 0.000000163. The maximum atomic E-state index is 12.9. The topological polar surface area (TPSA) is 274 Å². The van der Waals surface area contributed by atoms with Crippen molar-refractivity contribution in [2.75, 3.05) is 63.2 Å². The van der Waals surface area contributed by atoms with Crippen LogP contribution < -0.4 is 25.4 Å². The van der Waals surface area contributed by atoms with Gasteiger partial charge in [0.25, 0.3) is 26.0 Å². The molecule has 23 heteroatoms. The van der Waals surface area contributed by atoms with Crippen LogP contribution in [0.15, 0.2) is 34.3 Å². The number of aromatic nitrogens is 4. The van der Waals surface area contributed by atoms with Gasteiger partial charge in [0.1, 0.15) is 11.4 Å². The standard InChI is InChI=1S/C22H27N5O5S.C18H20N4O5S.C4H9NO/c1-26-18(21(28)27-8-10-32-11-9-27)13-19(24-26)33(30,31)25-22(29)23-20-16-6-2-4-14(16)12-15-5-3-7-17(15)20;1-22-14(17(23)24)9-15(20-22)28(26,27)21-18(25)19-16-12-6-2-4-10(12)8-11-5-3-7-13(11)16;1-3-6-4-2-5-1/h12-13H,2-11H2,1H3,(H2,23,25,29);8-9H,2-7H2,1H3,(H,23,24)(H2,19,21,25);5H,1-4H2. The van der Waals surface area contributed by atoms with Gasteiger partial charge >= 0.3 is 18.0 Å². The van der Waals surface area contributed by atoms with E-state index >= 15 is 0 Å². The molecule has 2 aliphatic heterocycles. The maximum absolute atomic E-state index is 12.9. The van der Waals surface area contributed by atoms with Crippen LogP contribution in [-0.4, -0.2) is 123 Å². The molecule has 0 atom stereocenters. The first-order valence-corrected chi connectivity index (χ1v) is 25.5. The second-order valence-electron chi connectivity index (χ2n) is 17.1. The quantitative estimate of drug-likeness (QED) is 0.148. The summed E-state index contributed by atoms with van der Waals surface area (Å²) in [5.41, 5.74) is 10.6. The van der Waals surface area contributed by atoms with Crippen LogP contribution in [0.4, 0.5) is 21.0 Å². The van der Waals surface area contributed by atoms with E-state index in [0.717, 1.165) is 148 Å². The number of carboxylic acids is 1. The van der Waals surface area contributed by atoms with E-state index in [9.17, 15) is 36.0 Å². The third-order valence-electron chi connectivity index (χ3n) is 12.7. The first-order chi connectivity index (χ1) is 32.1. The number of nitrogens with one attached hydrogen (secondary N) is 5. The van der Waals surface area contributed by atoms with Gasteiger partial charge in [-0.1, -0.05) is 12.1 Å². The molecule has 0 saturated carbocycles. The summed E-state index contributed by atoms with van der Waals surface area (Å²) in [6.07, 6.45) is 11.4. The molecule has 360 valence electrons. The van der Waals surface area contributed by atoms with Crippen molar-refractivity contribution in [1.29, 1.82) is 0 Å². The van der Waals surface area contributed by atoms with Gasteiger partial charge in [-0.05, 0) is 122 Å². The van der Waals surface area contributed by atoms with Crippen molar-refractivity contribution < 1.29 is 50.6 Å². The fraction of sp³-hybridized carbons (Fsp3) is 0.500. The Labute approximate surface area is 388 Å². The van der Waals surface area contributed by atoms with Gasteiger partial charge < -0.3 is 35.4 Å². The highest BCUT2D eigenvalue weighted by Gasteiger charge is 2.31. The Morgan fingerprint density at radius 2 is 0.970 bits per heavy atom. The van der Waals surface area contributed by atoms with Crippen LogP contribution in [0.25, 0.3) is 0 Å². The summed E-state index contributed by atoms with van der Waals surface area (Å²) in [4.78, 5) is 50.7. The number of carbonyl (C=O) groups excluding carboxylic acids is 3. The average molecular weight is 965 g/mol. The number of rotatable bonds is 8. The minimum atomic E-state index is -4.30. The molecular weight excluding hydrogens is 909 g/mol. The van der Waals surface area contributed by atoms with Crippen molar-refractivity contribution in [3.05, 3.63) is 80.2 Å². The number of aryl methyl sites for hydroxylation is 6. The van der Waals surface area contributed by atoms with Crippen molar-refractivity contribution >= 4 is 55.4 Å². The van der Waals surface area contributed by atoms with Crippen molar-refractivity contribution in [3.63, 3.8) is 0 Å². The van der Waals surface area contributed by atoms with Crippen LogP contribution in [-0.2, 0) is 95.0 Å². The van der Waals surface area contributed by atoms with Gasteiger partial charge in [-0.25, -0.2) is 23.8 Å². The number of ether oxygens (including phenoxy) is 2. The van der Waals surface area contributed by atoms with Gasteiger partial charge in [0, 0.05) is 63.8 Å². The van der Waals surface area contributed by atoms with E-state index in [1.165, 1.54) is 47.1 Å². The van der Waals surface area contributed by atoms with E-state index in [1.54, 1.807) is 4.90 Å². The Bertz CT molecular complexity index is 2740. The zero-order valence-electron chi connectivity index (χ0n) is 37.5. The lowest BCUT2D eigenvalue weighted by Gasteiger charge is -2.26. The van der Waals surface area contributed by atoms with Gasteiger partial charge in [-0.15, -0.1) is 0 Å². The molecule has 2 fully saturated rings. The molecule has 67 heavy (non-hydrogen) atoms. The number of hydrogen-bond donors (Lipinski definition) is 6. The summed E-state index contributed by atoms with van der Waals surface area (Å²) in [7, 11) is -5.74. The van der Waals surface area contributed by atoms with E-state index < -0.39 is 43.1 Å². The number of carbonyl (C=O) groups is 4. The lowest BCUT2D eigenvalue weighted by molar-refractivity contribution is 0.0295. The molecule has 0 spiro atoms. The number of aromatic carboxylic acids is 1. The van der Waals surface area contributed by atoms with Crippen LogP contribution in [0.3, 0.4) is 0 Å². The molecule has 4 aromatic rings. The third kappa shape index (κ3) is 10.6. The Kier molecular flexibility index (Phi) is 14.3. The number of amides is 5. The summed E-state index contributed by atoms with van der Waals surface area (Å²) in [6, 6.07) is 4.87. The zero-order chi connectivity index (χ0) is 47.5. The van der Waals surface area contributed by atoms with E-state index in [4.69, 9.17) is 14.6 Å². The minimum absolute atomic E-state index is 0.136. The largest absolute Gasteiger partial charge is 0.477 e. The molecule has 4 heterocycles. The normalized spacial score (nSPS) is 17.1. The van der Waals surface area contributed by atoms with E-state index in [0.29, 0.717) is 26.3 Å². The molecular formula is C44H56N10O11S2. The third-order valence-corrected chi connectivity index (χ3v) is 15.1. The predicted molar refractivity (Wildman–Crippen MR) is 243 cm³/mol. The zero-order valence-corrected chi connectivity index (χ0v) is 39.2. The summed E-state index contributed by atoms with van der Waals surface area (Å²) < 4.78 is 67.1. The van der Waals surface area contributed by atoms with Crippen LogP contribution >= 0.6 is 0 Å². The number of sulfonamides is 2. The molecule has 2 aromatic carbocycles. The van der Waals surface area contributed by atoms with Crippen molar-refractivity contribution in [2.24, 2.45) is 14.1 Å². The van der Waals surface area contributed by atoms with Crippen molar-refractivity contribution in [3.8, 4) is 0 Å². The summed E-state index contributed by atoms with van der Waals surface area (Å²) in [6.45, 7) is 5.56. The minimum Gasteiger partial charge on any atom is -0.477 e. The number of hydrogen-bond acceptors (Lipinski definition) is 13. The number of urea groups is 2. The molecule has 6 aliphatic rings. The van der Waals surface area contributed by atoms with Gasteiger partial charge in [-0.2, -0.15) is 27.0 Å². The lowest BCUT2D eigenvalue weighted by atomic mass is 9.99. The monoisotopic (exact) mass is 964 g/mol. The number of anilines is 2. The highest BCUT2D eigenvalue weighted by molar-refractivity contribution is 7.90. The van der Waals surface area contributed by atoms with Crippen LogP contribution in [0.2, 0.25) is 0 Å². The summed E-state index contributed by atoms with van der Waals surface area (Å²) in [5.74, 6) is -1.63. The van der Waals surface area contributed by atoms with Gasteiger partial charge in [0.15, 0.2) is 10.1 Å². The number of morpholine rings is 2. The molecule has 6 N–H and O–H groups in total. The molecule has 0 bridgehead atoms. The fourth-order valence-corrected chi connectivity index (χ4v) is 11.3. The van der Waals surface area contributed by atoms with Crippen LogP contribution in [0.5, 0.6) is 0 Å². The average Bonchev–Trinajstić information content (AvgIpc) is 4.17. The molecule has 10 rings (SSSR count). The second kappa shape index (κ2) is 20.1. The SMILES string of the molecule is C1COCCN1.Cn1nc(S(=O)(=O)NC(=O)Nc2c3c(cc4c2CCC4)CCC3)cc1C(=O)N1CCOCC1.Cn1nc(S(=O)(=O)NC(=O)Nc2c3c(cc4c2CCC4)CCC3)cc1C(=O)O. The first-order valence-electron chi connectivity index (χ1n) is 22.6. The van der Waals surface area contributed by atoms with Gasteiger partial charge in [0.05, 0.1) is 26.4 Å². The van der Waals surface area contributed by atoms with Gasteiger partial charge in [-0.3, -0.25) is 14.2 Å². The maximum Gasteiger partial charge on any atom is 0.354 e. The summed E-state index contributed by atoms with van der Waals surface area (Å²) in [5, 5.41) is 24.5. The number of nitrogens with zero attached hydrogens (tertiary/aromatic N) is 5. The number of fused-ring (bicyclic) bond motifs is 4. The van der Waals surface area contributed by atoms with E-state index in [1.807, 2.05) is 4.72 Å².